The highest BCUT2D eigenvalue weighted by atomic mass is 16.5. The van der Waals surface area contributed by atoms with Crippen molar-refractivity contribution in [2.45, 2.75) is 0 Å². The van der Waals surface area contributed by atoms with E-state index in [1.54, 1.807) is 0 Å². The first kappa shape index (κ1) is 7.68. The van der Waals surface area contributed by atoms with Gasteiger partial charge in [0, 0.05) is 0 Å². The fourth-order valence-corrected chi connectivity index (χ4v) is 1.67. The summed E-state index contributed by atoms with van der Waals surface area (Å²) < 4.78 is 5.75. The van der Waals surface area contributed by atoms with E-state index in [9.17, 15) is 0 Å². The normalized spacial score (nSPS) is 12.0. The zero-order chi connectivity index (χ0) is 9.38. The van der Waals surface area contributed by atoms with Crippen LogP contribution in [0.15, 0.2) is 48.5 Å². The number of rotatable bonds is 0. The fourth-order valence-electron chi connectivity index (χ4n) is 1.67. The molecule has 1 aliphatic heterocycles. The molecule has 0 saturated carbocycles. The maximum atomic E-state index is 5.75. The second kappa shape index (κ2) is 2.91. The third-order valence-corrected chi connectivity index (χ3v) is 2.37. The Kier molecular flexibility index (Phi) is 1.60. The summed E-state index contributed by atoms with van der Waals surface area (Å²) in [6.45, 7) is 0. The summed E-state index contributed by atoms with van der Waals surface area (Å²) in [5, 5.41) is 0. The minimum absolute atomic E-state index is 0.936. The van der Waals surface area contributed by atoms with Gasteiger partial charge in [-0.05, 0) is 23.1 Å². The van der Waals surface area contributed by atoms with Gasteiger partial charge in [-0.3, -0.25) is 0 Å². The number of ether oxygens (including phenoxy) is 1. The van der Waals surface area contributed by atoms with Crippen LogP contribution in [0.4, 0.5) is 0 Å². The van der Waals surface area contributed by atoms with Crippen LogP contribution in [0.5, 0.6) is 11.5 Å². The van der Waals surface area contributed by atoms with Gasteiger partial charge in [0.15, 0.2) is 0 Å². The lowest BCUT2D eigenvalue weighted by Crippen LogP contribution is -2.33. The number of hydrogen-bond acceptors (Lipinski definition) is 1. The van der Waals surface area contributed by atoms with E-state index in [0.29, 0.717) is 0 Å². The Morgan fingerprint density at radius 1 is 0.714 bits per heavy atom. The smallest absolute Gasteiger partial charge is 0.201 e. The van der Waals surface area contributed by atoms with Crippen molar-refractivity contribution in [1.29, 1.82) is 0 Å². The summed E-state index contributed by atoms with van der Waals surface area (Å²) in [6.07, 6.45) is 0. The van der Waals surface area contributed by atoms with Gasteiger partial charge in [-0.2, -0.15) is 0 Å². The first-order valence-electron chi connectivity index (χ1n) is 4.64. The monoisotopic (exact) mass is 179 g/mol. The van der Waals surface area contributed by atoms with Crippen LogP contribution in [-0.4, -0.2) is 7.28 Å². The fraction of sp³-hybridized carbons (Fsp3) is 0. The van der Waals surface area contributed by atoms with E-state index >= 15 is 0 Å². The van der Waals surface area contributed by atoms with E-state index in [2.05, 4.69) is 19.4 Å². The molecule has 0 bridgehead atoms. The predicted molar refractivity (Wildman–Crippen MR) is 58.0 cm³/mol. The quantitative estimate of drug-likeness (QED) is 0.474. The van der Waals surface area contributed by atoms with Gasteiger partial charge in [0.2, 0.25) is 7.28 Å². The summed E-state index contributed by atoms with van der Waals surface area (Å²) in [5.41, 5.74) is 2.29. The summed E-state index contributed by atoms with van der Waals surface area (Å²) in [4.78, 5) is 0. The standard InChI is InChI=1S/C12H8BO/c1-3-7-11-9(5-1)13-10-6-2-4-8-12(10)14-11/h1-8H. The van der Waals surface area contributed by atoms with Crippen molar-refractivity contribution in [3.05, 3.63) is 48.5 Å². The molecule has 0 saturated heterocycles. The average Bonchev–Trinajstić information content (AvgIpc) is 2.26. The second-order valence-corrected chi connectivity index (χ2v) is 3.32. The predicted octanol–water partition coefficient (Wildman–Crippen LogP) is 1.45. The van der Waals surface area contributed by atoms with Gasteiger partial charge >= 0.3 is 0 Å². The highest BCUT2D eigenvalue weighted by Gasteiger charge is 2.15. The molecular weight excluding hydrogens is 171 g/mol. The maximum absolute atomic E-state index is 5.75. The lowest BCUT2D eigenvalue weighted by molar-refractivity contribution is 0.488. The van der Waals surface area contributed by atoms with Crippen LogP contribution in [0.25, 0.3) is 0 Å². The van der Waals surface area contributed by atoms with Crippen LogP contribution in [0.3, 0.4) is 0 Å². The highest BCUT2D eigenvalue weighted by molar-refractivity contribution is 6.69. The molecular formula is C12H8BO. The zero-order valence-corrected chi connectivity index (χ0v) is 7.60. The van der Waals surface area contributed by atoms with Gasteiger partial charge in [0.25, 0.3) is 0 Å². The van der Waals surface area contributed by atoms with Crippen LogP contribution in [0, 0.1) is 0 Å². The molecule has 1 aliphatic rings. The number of fused-ring (bicyclic) bond motifs is 2. The Bertz CT molecular complexity index is 392. The molecule has 1 nitrogen and oxygen atoms in total. The molecule has 0 aromatic heterocycles. The Morgan fingerprint density at radius 2 is 1.21 bits per heavy atom. The Balaban J connectivity index is 2.12. The molecule has 0 amide bonds. The van der Waals surface area contributed by atoms with Crippen molar-refractivity contribution in [3.63, 3.8) is 0 Å². The van der Waals surface area contributed by atoms with Crippen molar-refractivity contribution in [2.24, 2.45) is 0 Å². The molecule has 14 heavy (non-hydrogen) atoms. The van der Waals surface area contributed by atoms with E-state index < -0.39 is 0 Å². The second-order valence-electron chi connectivity index (χ2n) is 3.32. The minimum atomic E-state index is 0.936. The maximum Gasteiger partial charge on any atom is 0.201 e. The molecule has 0 fully saturated rings. The molecule has 0 atom stereocenters. The molecule has 2 aromatic rings. The van der Waals surface area contributed by atoms with Gasteiger partial charge in [-0.15, -0.1) is 0 Å². The Labute approximate surface area is 83.6 Å². The van der Waals surface area contributed by atoms with Gasteiger partial charge < -0.3 is 4.74 Å². The largest absolute Gasteiger partial charge is 0.459 e. The Hall–Kier alpha value is -1.70. The summed E-state index contributed by atoms with van der Waals surface area (Å²) in [6, 6.07) is 16.1. The van der Waals surface area contributed by atoms with Crippen molar-refractivity contribution in [2.75, 3.05) is 0 Å². The third kappa shape index (κ3) is 1.11. The summed E-state index contributed by atoms with van der Waals surface area (Å²) in [7, 11) is 2.15. The van der Waals surface area contributed by atoms with Gasteiger partial charge in [-0.1, -0.05) is 36.4 Å². The van der Waals surface area contributed by atoms with Crippen LogP contribution in [0.2, 0.25) is 0 Å². The molecule has 65 valence electrons. The highest BCUT2D eigenvalue weighted by Crippen LogP contribution is 2.20. The van der Waals surface area contributed by atoms with Crippen molar-refractivity contribution >= 4 is 18.2 Å². The average molecular weight is 179 g/mol. The summed E-state index contributed by atoms with van der Waals surface area (Å²) >= 11 is 0. The molecule has 0 aliphatic carbocycles. The molecule has 1 heterocycles. The Morgan fingerprint density at radius 3 is 1.79 bits per heavy atom. The molecule has 3 rings (SSSR count). The molecule has 1 radical (unpaired) electrons. The molecule has 2 heteroatoms. The zero-order valence-electron chi connectivity index (χ0n) is 7.60. The van der Waals surface area contributed by atoms with Crippen molar-refractivity contribution in [1.82, 2.24) is 0 Å². The van der Waals surface area contributed by atoms with E-state index in [-0.39, 0.29) is 0 Å². The number of benzene rings is 2. The van der Waals surface area contributed by atoms with Crippen LogP contribution in [-0.2, 0) is 0 Å². The number of para-hydroxylation sites is 2. The lowest BCUT2D eigenvalue weighted by atomic mass is 9.62. The van der Waals surface area contributed by atoms with Crippen molar-refractivity contribution in [3.8, 4) is 11.5 Å². The first-order chi connectivity index (χ1) is 6.93. The summed E-state index contributed by atoms with van der Waals surface area (Å²) in [5.74, 6) is 1.87. The van der Waals surface area contributed by atoms with Gasteiger partial charge in [0.1, 0.15) is 11.5 Å². The number of hydrogen-bond donors (Lipinski definition) is 0. The van der Waals surface area contributed by atoms with Crippen LogP contribution in [0.1, 0.15) is 0 Å². The molecule has 0 N–H and O–H groups in total. The topological polar surface area (TPSA) is 9.23 Å². The van der Waals surface area contributed by atoms with Crippen LogP contribution < -0.4 is 15.7 Å². The van der Waals surface area contributed by atoms with E-state index in [1.165, 1.54) is 0 Å². The van der Waals surface area contributed by atoms with Crippen LogP contribution >= 0.6 is 0 Å². The minimum Gasteiger partial charge on any atom is -0.459 e. The SMILES string of the molecule is [B]1c2ccccc2Oc2ccccc21. The van der Waals surface area contributed by atoms with Crippen molar-refractivity contribution < 1.29 is 4.74 Å². The van der Waals surface area contributed by atoms with E-state index in [1.807, 2.05) is 36.4 Å². The van der Waals surface area contributed by atoms with Gasteiger partial charge in [0.05, 0.1) is 0 Å². The molecule has 0 unspecified atom stereocenters. The van der Waals surface area contributed by atoms with Gasteiger partial charge in [-0.25, -0.2) is 0 Å². The molecule has 2 aromatic carbocycles. The molecule has 0 spiro atoms. The van der Waals surface area contributed by atoms with E-state index in [4.69, 9.17) is 4.74 Å². The van der Waals surface area contributed by atoms with E-state index in [0.717, 1.165) is 22.4 Å². The third-order valence-electron chi connectivity index (χ3n) is 2.37. The lowest BCUT2D eigenvalue weighted by Gasteiger charge is -2.18. The first-order valence-corrected chi connectivity index (χ1v) is 4.64.